The lowest BCUT2D eigenvalue weighted by atomic mass is 10.1. The number of rotatable bonds is 6. The van der Waals surface area contributed by atoms with Crippen molar-refractivity contribution in [1.82, 2.24) is 14.9 Å². The first-order valence-corrected chi connectivity index (χ1v) is 11.7. The van der Waals surface area contributed by atoms with E-state index in [1.54, 1.807) is 7.11 Å². The number of hydrogen-bond donors (Lipinski definition) is 2. The molecule has 34 heavy (non-hydrogen) atoms. The fourth-order valence-corrected chi connectivity index (χ4v) is 4.43. The number of amides is 1. The van der Waals surface area contributed by atoms with E-state index in [4.69, 9.17) is 9.72 Å². The van der Waals surface area contributed by atoms with Gasteiger partial charge in [0.05, 0.1) is 18.5 Å². The minimum absolute atomic E-state index is 0.0210. The van der Waals surface area contributed by atoms with Crippen LogP contribution < -0.4 is 15.0 Å². The van der Waals surface area contributed by atoms with Crippen molar-refractivity contribution in [2.75, 3.05) is 50.1 Å². The SMILES string of the molecule is CCNc1ccc(-c2ccccc2)nc1N1CCN(C(=O)c2cc3cc(OC)ccc3[nH]2)CC1. The van der Waals surface area contributed by atoms with Gasteiger partial charge in [0.2, 0.25) is 0 Å². The average molecular weight is 456 g/mol. The molecule has 1 amide bonds. The number of H-pyrrole nitrogens is 1. The molecule has 1 aliphatic heterocycles. The number of aromatic nitrogens is 2. The molecule has 7 nitrogen and oxygen atoms in total. The maximum Gasteiger partial charge on any atom is 0.270 e. The number of carbonyl (C=O) groups excluding carboxylic acids is 1. The summed E-state index contributed by atoms with van der Waals surface area (Å²) in [5, 5.41) is 4.41. The van der Waals surface area contributed by atoms with Crippen molar-refractivity contribution in [3.63, 3.8) is 0 Å². The van der Waals surface area contributed by atoms with Gasteiger partial charge < -0.3 is 24.8 Å². The highest BCUT2D eigenvalue weighted by Gasteiger charge is 2.25. The summed E-state index contributed by atoms with van der Waals surface area (Å²) in [6, 6.07) is 22.1. The van der Waals surface area contributed by atoms with E-state index < -0.39 is 0 Å². The smallest absolute Gasteiger partial charge is 0.270 e. The van der Waals surface area contributed by atoms with Crippen LogP contribution in [0.1, 0.15) is 17.4 Å². The lowest BCUT2D eigenvalue weighted by molar-refractivity contribution is 0.0741. The van der Waals surface area contributed by atoms with E-state index in [1.807, 2.05) is 47.4 Å². The molecule has 0 saturated carbocycles. The highest BCUT2D eigenvalue weighted by Crippen LogP contribution is 2.29. The van der Waals surface area contributed by atoms with Crippen LogP contribution in [0.2, 0.25) is 0 Å². The Morgan fingerprint density at radius 1 is 1.03 bits per heavy atom. The Hall–Kier alpha value is -4.00. The van der Waals surface area contributed by atoms with Crippen LogP contribution in [0.5, 0.6) is 5.75 Å². The third-order valence-electron chi connectivity index (χ3n) is 6.24. The van der Waals surface area contributed by atoms with Crippen molar-refractivity contribution in [1.29, 1.82) is 0 Å². The Labute approximate surface area is 199 Å². The highest BCUT2D eigenvalue weighted by molar-refractivity contribution is 5.98. The summed E-state index contributed by atoms with van der Waals surface area (Å²) in [6.07, 6.45) is 0. The van der Waals surface area contributed by atoms with Crippen molar-refractivity contribution in [2.45, 2.75) is 6.92 Å². The first kappa shape index (κ1) is 21.8. The molecule has 174 valence electrons. The second kappa shape index (κ2) is 9.47. The number of pyridine rings is 1. The molecule has 1 saturated heterocycles. The number of piperazine rings is 1. The van der Waals surface area contributed by atoms with E-state index in [0.717, 1.165) is 59.0 Å². The second-order valence-electron chi connectivity index (χ2n) is 8.38. The van der Waals surface area contributed by atoms with Gasteiger partial charge in [0.25, 0.3) is 5.91 Å². The zero-order chi connectivity index (χ0) is 23.5. The topological polar surface area (TPSA) is 73.5 Å². The minimum atomic E-state index is 0.0210. The number of methoxy groups -OCH3 is 1. The molecule has 1 fully saturated rings. The van der Waals surface area contributed by atoms with E-state index in [0.29, 0.717) is 18.8 Å². The van der Waals surface area contributed by atoms with Crippen LogP contribution in [0.3, 0.4) is 0 Å². The molecule has 5 rings (SSSR count). The van der Waals surface area contributed by atoms with E-state index in [1.165, 1.54) is 0 Å². The normalized spacial score (nSPS) is 13.8. The summed E-state index contributed by atoms with van der Waals surface area (Å²) in [5.41, 5.74) is 4.60. The second-order valence-corrected chi connectivity index (χ2v) is 8.38. The van der Waals surface area contributed by atoms with E-state index in [-0.39, 0.29) is 5.91 Å². The van der Waals surface area contributed by atoms with Gasteiger partial charge in [-0.15, -0.1) is 0 Å². The monoisotopic (exact) mass is 455 g/mol. The van der Waals surface area contributed by atoms with Crippen molar-refractivity contribution in [2.24, 2.45) is 0 Å². The van der Waals surface area contributed by atoms with Gasteiger partial charge in [-0.05, 0) is 43.3 Å². The van der Waals surface area contributed by atoms with E-state index >= 15 is 0 Å². The first-order chi connectivity index (χ1) is 16.7. The molecule has 0 atom stereocenters. The van der Waals surface area contributed by atoms with Gasteiger partial charge in [-0.25, -0.2) is 4.98 Å². The summed E-state index contributed by atoms with van der Waals surface area (Å²) >= 11 is 0. The van der Waals surface area contributed by atoms with Crippen LogP contribution in [0, 0.1) is 0 Å². The Balaban J connectivity index is 1.33. The zero-order valence-electron chi connectivity index (χ0n) is 19.5. The molecular weight excluding hydrogens is 426 g/mol. The quantitative estimate of drug-likeness (QED) is 0.443. The van der Waals surface area contributed by atoms with Crippen LogP contribution in [0.25, 0.3) is 22.2 Å². The number of benzene rings is 2. The lowest BCUT2D eigenvalue weighted by Gasteiger charge is -2.36. The maximum absolute atomic E-state index is 13.2. The molecule has 1 aliphatic rings. The Morgan fingerprint density at radius 2 is 1.82 bits per heavy atom. The highest BCUT2D eigenvalue weighted by atomic mass is 16.5. The number of nitrogens with zero attached hydrogens (tertiary/aromatic N) is 3. The molecule has 2 aromatic carbocycles. The number of hydrogen-bond acceptors (Lipinski definition) is 5. The number of anilines is 2. The largest absolute Gasteiger partial charge is 0.497 e. The molecule has 0 bridgehead atoms. The molecule has 0 spiro atoms. The Kier molecular flexibility index (Phi) is 6.08. The number of carbonyl (C=O) groups is 1. The molecule has 0 aliphatic carbocycles. The summed E-state index contributed by atoms with van der Waals surface area (Å²) in [6.45, 7) is 5.64. The molecule has 7 heteroatoms. The maximum atomic E-state index is 13.2. The van der Waals surface area contributed by atoms with Gasteiger partial charge >= 0.3 is 0 Å². The molecule has 2 aromatic heterocycles. The van der Waals surface area contributed by atoms with Crippen molar-refractivity contribution < 1.29 is 9.53 Å². The molecule has 3 heterocycles. The van der Waals surface area contributed by atoms with Crippen LogP contribution in [0.4, 0.5) is 11.5 Å². The van der Waals surface area contributed by atoms with Gasteiger partial charge in [-0.1, -0.05) is 30.3 Å². The molecule has 4 aromatic rings. The number of aromatic amines is 1. The van der Waals surface area contributed by atoms with E-state index in [2.05, 4.69) is 46.4 Å². The van der Waals surface area contributed by atoms with Crippen LogP contribution in [-0.2, 0) is 0 Å². The Bertz CT molecular complexity index is 1290. The summed E-state index contributed by atoms with van der Waals surface area (Å²) < 4.78 is 5.30. The van der Waals surface area contributed by atoms with Crippen LogP contribution in [0.15, 0.2) is 66.7 Å². The van der Waals surface area contributed by atoms with Gasteiger partial charge in [-0.2, -0.15) is 0 Å². The predicted molar refractivity (Wildman–Crippen MR) is 137 cm³/mol. The predicted octanol–water partition coefficient (Wildman–Crippen LogP) is 4.63. The number of ether oxygens (including phenoxy) is 1. The van der Waals surface area contributed by atoms with Crippen molar-refractivity contribution in [3.8, 4) is 17.0 Å². The zero-order valence-corrected chi connectivity index (χ0v) is 19.5. The fourth-order valence-electron chi connectivity index (χ4n) is 4.43. The minimum Gasteiger partial charge on any atom is -0.497 e. The van der Waals surface area contributed by atoms with Crippen LogP contribution >= 0.6 is 0 Å². The third kappa shape index (κ3) is 4.29. The molecular formula is C27H29N5O2. The van der Waals surface area contributed by atoms with E-state index in [9.17, 15) is 4.79 Å². The molecule has 0 radical (unpaired) electrons. The Morgan fingerprint density at radius 3 is 2.56 bits per heavy atom. The number of nitrogens with one attached hydrogen (secondary N) is 2. The summed E-state index contributed by atoms with van der Waals surface area (Å²) in [4.78, 5) is 25.6. The van der Waals surface area contributed by atoms with Crippen molar-refractivity contribution in [3.05, 3.63) is 72.4 Å². The van der Waals surface area contributed by atoms with Gasteiger partial charge in [0.1, 0.15) is 11.4 Å². The molecule has 2 N–H and O–H groups in total. The fraction of sp³-hybridized carbons (Fsp3) is 0.259. The lowest BCUT2D eigenvalue weighted by Crippen LogP contribution is -2.49. The van der Waals surface area contributed by atoms with Gasteiger partial charge in [-0.3, -0.25) is 4.79 Å². The third-order valence-corrected chi connectivity index (χ3v) is 6.24. The number of fused-ring (bicyclic) bond motifs is 1. The average Bonchev–Trinajstić information content (AvgIpc) is 3.33. The standard InChI is InChI=1S/C27H29N5O2/c1-3-28-24-12-11-22(19-7-5-4-6-8-19)30-26(24)31-13-15-32(16-14-31)27(33)25-18-20-17-21(34-2)9-10-23(20)29-25/h4-12,17-18,28-29H,3,13-16H2,1-2H3. The first-order valence-electron chi connectivity index (χ1n) is 11.7. The summed E-state index contributed by atoms with van der Waals surface area (Å²) in [5.74, 6) is 1.74. The van der Waals surface area contributed by atoms with Gasteiger partial charge in [0.15, 0.2) is 5.82 Å². The molecule has 0 unspecified atom stereocenters. The van der Waals surface area contributed by atoms with Crippen LogP contribution in [-0.4, -0.2) is 60.6 Å². The van der Waals surface area contributed by atoms with Gasteiger partial charge in [0, 0.05) is 49.2 Å². The summed E-state index contributed by atoms with van der Waals surface area (Å²) in [7, 11) is 1.64. The van der Waals surface area contributed by atoms with Crippen molar-refractivity contribution >= 4 is 28.3 Å².